The molecule has 6 rings (SSSR count). The molecule has 0 bridgehead atoms. The van der Waals surface area contributed by atoms with E-state index in [0.29, 0.717) is 44.7 Å². The Balaban J connectivity index is 1.25. The van der Waals surface area contributed by atoms with Gasteiger partial charge in [-0.25, -0.2) is 23.1 Å². The van der Waals surface area contributed by atoms with Crippen molar-refractivity contribution in [2.45, 2.75) is 95.6 Å². The van der Waals surface area contributed by atoms with Crippen LogP contribution < -0.4 is 9.88 Å². The van der Waals surface area contributed by atoms with E-state index in [1.807, 2.05) is 13.2 Å². The first kappa shape index (κ1) is 32.1. The molecule has 2 aromatic heterocycles. The molecule has 3 unspecified atom stereocenters. The van der Waals surface area contributed by atoms with Gasteiger partial charge in [-0.05, 0) is 66.5 Å². The number of nitrogens with zero attached hydrogens (tertiary/aromatic N) is 4. The lowest BCUT2D eigenvalue weighted by atomic mass is 9.77. The predicted molar refractivity (Wildman–Crippen MR) is 162 cm³/mol. The first-order valence-electron chi connectivity index (χ1n) is 16.1. The van der Waals surface area contributed by atoms with Crippen molar-refractivity contribution < 1.29 is 32.9 Å². The third-order valence-electron chi connectivity index (χ3n) is 10.7. The van der Waals surface area contributed by atoms with Crippen LogP contribution in [0.25, 0.3) is 0 Å². The maximum atomic E-state index is 15.2. The molecule has 5 heterocycles. The van der Waals surface area contributed by atoms with E-state index in [1.165, 1.54) is 11.0 Å². The Morgan fingerprint density at radius 1 is 1.09 bits per heavy atom. The number of aromatic amines is 1. The number of piperidine rings is 2. The molecule has 1 aromatic carbocycles. The number of benzene rings is 1. The average molecular weight is 629 g/mol. The van der Waals surface area contributed by atoms with Crippen LogP contribution in [0, 0.1) is 30.3 Å². The van der Waals surface area contributed by atoms with Crippen LogP contribution in [0.3, 0.4) is 0 Å². The van der Waals surface area contributed by atoms with E-state index in [1.54, 1.807) is 11.0 Å². The van der Waals surface area contributed by atoms with Gasteiger partial charge >= 0.3 is 0 Å². The predicted octanol–water partition coefficient (Wildman–Crippen LogP) is 3.50. The normalized spacial score (nSPS) is 26.3. The van der Waals surface area contributed by atoms with E-state index in [0.717, 1.165) is 29.4 Å². The molecular formula is C34H47F3N6O2+2. The van der Waals surface area contributed by atoms with Gasteiger partial charge < -0.3 is 14.7 Å². The summed E-state index contributed by atoms with van der Waals surface area (Å²) in [6.45, 7) is 15.1. The zero-order valence-electron chi connectivity index (χ0n) is 27.4. The zero-order chi connectivity index (χ0) is 32.5. The number of halogens is 3. The van der Waals surface area contributed by atoms with Gasteiger partial charge in [-0.15, -0.1) is 0 Å². The van der Waals surface area contributed by atoms with Gasteiger partial charge in [0.1, 0.15) is 18.7 Å². The van der Waals surface area contributed by atoms with E-state index in [9.17, 15) is 13.9 Å². The molecule has 5 atom stereocenters. The minimum absolute atomic E-state index is 0.113. The number of aliphatic hydroxyl groups excluding tert-OH is 1. The standard InChI is InChI=1S/C34H45F3N6O2/c1-20-16-23-28(38-17-20)34(45-29(23)33(5,6)31-39-19-41(7)40-31)11-14-42(15-12-34)30(44)22-10-13-43(32(2,3)4)18-24(22)21-8-9-25(35)27(37)26(21)36/h8-9,16-17,19,22,24,29-30,44H,10-15,18H2,1-7H3/p+2/t22?,24-,29?,30+/m0/s1. The largest absolute Gasteiger partial charge is 0.378 e. The summed E-state index contributed by atoms with van der Waals surface area (Å²) in [5.74, 6) is -3.89. The minimum Gasteiger partial charge on any atom is -0.378 e. The van der Waals surface area contributed by atoms with Gasteiger partial charge in [0.05, 0.1) is 29.6 Å². The van der Waals surface area contributed by atoms with E-state index < -0.39 is 40.6 Å². The number of H-pyrrole nitrogens is 1. The van der Waals surface area contributed by atoms with Gasteiger partial charge in [0, 0.05) is 49.5 Å². The summed E-state index contributed by atoms with van der Waals surface area (Å²) in [6, 6.07) is 4.54. The van der Waals surface area contributed by atoms with Crippen molar-refractivity contribution in [3.05, 3.63) is 76.4 Å². The van der Waals surface area contributed by atoms with Crippen LogP contribution >= 0.6 is 0 Å². The lowest BCUT2D eigenvalue weighted by molar-refractivity contribution is -0.953. The van der Waals surface area contributed by atoms with E-state index >= 15 is 4.39 Å². The van der Waals surface area contributed by atoms with Crippen molar-refractivity contribution in [1.82, 2.24) is 19.7 Å². The molecule has 0 saturated carbocycles. The third kappa shape index (κ3) is 5.59. The molecular weight excluding hydrogens is 581 g/mol. The van der Waals surface area contributed by atoms with Gasteiger partial charge in [-0.2, -0.15) is 5.10 Å². The highest BCUT2D eigenvalue weighted by Crippen LogP contribution is 2.54. The Labute approximate surface area is 263 Å². The highest BCUT2D eigenvalue weighted by Gasteiger charge is 2.57. The fourth-order valence-corrected chi connectivity index (χ4v) is 7.92. The van der Waals surface area contributed by atoms with Gasteiger partial charge in [-0.3, -0.25) is 9.58 Å². The van der Waals surface area contributed by atoms with Crippen LogP contribution in [-0.2, 0) is 22.8 Å². The summed E-state index contributed by atoms with van der Waals surface area (Å²) in [7, 11) is 1.86. The number of fused-ring (bicyclic) bond motifs is 2. The summed E-state index contributed by atoms with van der Waals surface area (Å²) < 4.78 is 52.3. The van der Waals surface area contributed by atoms with Crippen molar-refractivity contribution in [3.8, 4) is 0 Å². The van der Waals surface area contributed by atoms with Crippen molar-refractivity contribution in [1.29, 1.82) is 0 Å². The Bertz CT molecular complexity index is 1560. The summed E-state index contributed by atoms with van der Waals surface area (Å²) in [6.07, 6.45) is 4.51. The molecule has 3 aliphatic heterocycles. The molecule has 11 heteroatoms. The van der Waals surface area contributed by atoms with Crippen molar-refractivity contribution in [3.63, 3.8) is 0 Å². The van der Waals surface area contributed by atoms with E-state index in [2.05, 4.69) is 67.6 Å². The van der Waals surface area contributed by atoms with Crippen LogP contribution in [-0.4, -0.2) is 62.7 Å². The highest BCUT2D eigenvalue weighted by molar-refractivity contribution is 5.36. The lowest BCUT2D eigenvalue weighted by Crippen LogP contribution is -3.20. The summed E-state index contributed by atoms with van der Waals surface area (Å²) in [5.41, 5.74) is 2.23. The first-order valence-corrected chi connectivity index (χ1v) is 16.1. The molecule has 3 aromatic rings. The number of aliphatic hydroxyl groups is 1. The molecule has 45 heavy (non-hydrogen) atoms. The molecule has 0 radical (unpaired) electrons. The minimum atomic E-state index is -1.45. The monoisotopic (exact) mass is 628 g/mol. The number of pyridine rings is 1. The number of aromatic nitrogens is 4. The molecule has 2 fully saturated rings. The lowest BCUT2D eigenvalue weighted by Gasteiger charge is -2.47. The fraction of sp³-hybridized carbons (Fsp3) is 0.618. The summed E-state index contributed by atoms with van der Waals surface area (Å²) in [5, 5.41) is 16.5. The van der Waals surface area contributed by atoms with Crippen LogP contribution in [0.15, 0.2) is 30.7 Å². The third-order valence-corrected chi connectivity index (χ3v) is 10.7. The summed E-state index contributed by atoms with van der Waals surface area (Å²) in [4.78, 5) is 11.4. The maximum absolute atomic E-state index is 15.2. The number of nitrogens with one attached hydrogen (secondary N) is 2. The van der Waals surface area contributed by atoms with E-state index in [4.69, 9.17) is 4.74 Å². The van der Waals surface area contributed by atoms with E-state index in [-0.39, 0.29) is 23.1 Å². The number of rotatable bonds is 5. The van der Waals surface area contributed by atoms with Crippen LogP contribution in [0.5, 0.6) is 0 Å². The topological polar surface area (TPSA) is 82.0 Å². The molecule has 244 valence electrons. The molecule has 3 N–H and O–H groups in total. The SMILES string of the molecule is Cc1c[nH+]c2c(c1)C(C(C)(C)c1ncn(C)n1)OC21CCN([C@H](O)C2CC[NH+](C(C)(C)C)C[C@H]2c2ccc(F)c(F)c2F)CC1. The van der Waals surface area contributed by atoms with Crippen LogP contribution in [0.2, 0.25) is 0 Å². The number of hydrogen-bond acceptors (Lipinski definition) is 5. The van der Waals surface area contributed by atoms with Gasteiger partial charge in [0.25, 0.3) is 0 Å². The second-order valence-corrected chi connectivity index (χ2v) is 15.0. The smallest absolute Gasteiger partial charge is 0.217 e. The Hall–Kier alpha value is -2.86. The van der Waals surface area contributed by atoms with Crippen molar-refractivity contribution in [2.75, 3.05) is 26.2 Å². The number of aryl methyl sites for hydroxylation is 2. The second kappa shape index (κ2) is 11.4. The second-order valence-electron chi connectivity index (χ2n) is 15.0. The quantitative estimate of drug-likeness (QED) is 0.423. The number of quaternary nitrogens is 1. The Morgan fingerprint density at radius 3 is 2.44 bits per heavy atom. The van der Waals surface area contributed by atoms with Gasteiger partial charge in [-0.1, -0.05) is 6.07 Å². The number of hydrogen-bond donors (Lipinski definition) is 2. The number of likely N-dealkylation sites (tertiary alicyclic amines) is 2. The zero-order valence-corrected chi connectivity index (χ0v) is 27.4. The van der Waals surface area contributed by atoms with Gasteiger partial charge in [0.2, 0.25) is 5.69 Å². The first-order chi connectivity index (χ1) is 21.1. The highest BCUT2D eigenvalue weighted by atomic mass is 19.2. The molecule has 8 nitrogen and oxygen atoms in total. The van der Waals surface area contributed by atoms with Crippen LogP contribution in [0.4, 0.5) is 13.2 Å². The fourth-order valence-electron chi connectivity index (χ4n) is 7.92. The van der Waals surface area contributed by atoms with Crippen molar-refractivity contribution >= 4 is 0 Å². The maximum Gasteiger partial charge on any atom is 0.217 e. The Kier molecular flexibility index (Phi) is 8.16. The molecule has 1 spiro atoms. The average Bonchev–Trinajstić information content (AvgIpc) is 3.57. The Morgan fingerprint density at radius 2 is 1.80 bits per heavy atom. The number of ether oxygens (including phenoxy) is 1. The molecule has 0 amide bonds. The van der Waals surface area contributed by atoms with Crippen LogP contribution in [0.1, 0.15) is 94.1 Å². The summed E-state index contributed by atoms with van der Waals surface area (Å²) >= 11 is 0. The molecule has 2 saturated heterocycles. The molecule has 0 aliphatic carbocycles. The van der Waals surface area contributed by atoms with Crippen molar-refractivity contribution in [2.24, 2.45) is 13.0 Å². The van der Waals surface area contributed by atoms with Gasteiger partial charge in [0.15, 0.2) is 35.1 Å². The molecule has 3 aliphatic rings.